The van der Waals surface area contributed by atoms with Crippen molar-refractivity contribution in [1.29, 1.82) is 0 Å². The molecule has 6 nitrogen and oxygen atoms in total. The van der Waals surface area contributed by atoms with Crippen molar-refractivity contribution in [3.05, 3.63) is 63.6 Å². The van der Waals surface area contributed by atoms with Gasteiger partial charge < -0.3 is 9.73 Å². The predicted molar refractivity (Wildman–Crippen MR) is 108 cm³/mol. The summed E-state index contributed by atoms with van der Waals surface area (Å²) >= 11 is 2.23. The molecule has 3 aromatic heterocycles. The standard InChI is InChI=1S/C19H15IN4O2/c1-11-17-14(19(25)21-13-7-5-12(20)6-8-13)10-15(16-4-3-9-26-16)22-18(17)24(2)23-11/h3-10H,1-2H3,(H,21,25). The van der Waals surface area contributed by atoms with Crippen LogP contribution in [0.5, 0.6) is 0 Å². The molecule has 4 rings (SSSR count). The fourth-order valence-corrected chi connectivity index (χ4v) is 3.27. The number of hydrogen-bond donors (Lipinski definition) is 1. The summed E-state index contributed by atoms with van der Waals surface area (Å²) in [7, 11) is 1.81. The highest BCUT2D eigenvalue weighted by Crippen LogP contribution is 2.27. The molecule has 0 fully saturated rings. The molecule has 0 saturated carbocycles. The van der Waals surface area contributed by atoms with Gasteiger partial charge in [-0.3, -0.25) is 9.48 Å². The third-order valence-electron chi connectivity index (χ3n) is 4.09. The molecule has 130 valence electrons. The van der Waals surface area contributed by atoms with Crippen LogP contribution in [0.2, 0.25) is 0 Å². The molecule has 0 radical (unpaired) electrons. The van der Waals surface area contributed by atoms with Gasteiger partial charge in [-0.15, -0.1) is 0 Å². The SMILES string of the molecule is Cc1nn(C)c2nc(-c3ccco3)cc(C(=O)Nc3ccc(I)cc3)c12. The van der Waals surface area contributed by atoms with Crippen LogP contribution >= 0.6 is 22.6 Å². The second kappa shape index (κ2) is 6.56. The highest BCUT2D eigenvalue weighted by molar-refractivity contribution is 14.1. The molecule has 0 atom stereocenters. The Balaban J connectivity index is 1.84. The van der Waals surface area contributed by atoms with Crippen molar-refractivity contribution in [2.75, 3.05) is 5.32 Å². The monoisotopic (exact) mass is 458 g/mol. The number of halogens is 1. The molecule has 1 aromatic carbocycles. The van der Waals surface area contributed by atoms with Crippen molar-refractivity contribution in [3.8, 4) is 11.5 Å². The van der Waals surface area contributed by atoms with E-state index in [0.717, 1.165) is 20.3 Å². The minimum Gasteiger partial charge on any atom is -0.463 e. The fraction of sp³-hybridized carbons (Fsp3) is 0.105. The van der Waals surface area contributed by atoms with Gasteiger partial charge in [-0.2, -0.15) is 5.10 Å². The summed E-state index contributed by atoms with van der Waals surface area (Å²) in [5, 5.41) is 8.11. The number of benzene rings is 1. The van der Waals surface area contributed by atoms with Crippen molar-refractivity contribution in [2.45, 2.75) is 6.92 Å². The summed E-state index contributed by atoms with van der Waals surface area (Å²) in [4.78, 5) is 17.6. The van der Waals surface area contributed by atoms with Crippen LogP contribution in [-0.4, -0.2) is 20.7 Å². The van der Waals surface area contributed by atoms with E-state index in [2.05, 4.69) is 38.0 Å². The quantitative estimate of drug-likeness (QED) is 0.463. The zero-order valence-electron chi connectivity index (χ0n) is 14.2. The molecule has 1 amide bonds. The third kappa shape index (κ3) is 2.98. The lowest BCUT2D eigenvalue weighted by Gasteiger charge is -2.08. The number of nitrogens with zero attached hydrogens (tertiary/aromatic N) is 3. The predicted octanol–water partition coefficient (Wildman–Crippen LogP) is 4.39. The van der Waals surface area contributed by atoms with Crippen LogP contribution in [0.3, 0.4) is 0 Å². The number of carbonyl (C=O) groups is 1. The lowest BCUT2D eigenvalue weighted by molar-refractivity contribution is 0.102. The Morgan fingerprint density at radius 3 is 2.69 bits per heavy atom. The second-order valence-electron chi connectivity index (χ2n) is 5.90. The number of amides is 1. The van der Waals surface area contributed by atoms with Gasteiger partial charge >= 0.3 is 0 Å². The molecular weight excluding hydrogens is 443 g/mol. The van der Waals surface area contributed by atoms with Crippen molar-refractivity contribution in [2.24, 2.45) is 7.05 Å². The van der Waals surface area contributed by atoms with Gasteiger partial charge in [0.2, 0.25) is 0 Å². The molecule has 0 bridgehead atoms. The Bertz CT molecular complexity index is 1100. The fourth-order valence-electron chi connectivity index (χ4n) is 2.91. The number of anilines is 1. The van der Waals surface area contributed by atoms with Gasteiger partial charge in [-0.1, -0.05) is 0 Å². The van der Waals surface area contributed by atoms with E-state index >= 15 is 0 Å². The van der Waals surface area contributed by atoms with Gasteiger partial charge in [0, 0.05) is 16.3 Å². The number of nitrogens with one attached hydrogen (secondary N) is 1. The van der Waals surface area contributed by atoms with E-state index < -0.39 is 0 Å². The molecule has 0 spiro atoms. The Kier molecular flexibility index (Phi) is 4.23. The molecule has 26 heavy (non-hydrogen) atoms. The minimum absolute atomic E-state index is 0.206. The highest BCUT2D eigenvalue weighted by atomic mass is 127. The number of aryl methyl sites for hydroxylation is 2. The minimum atomic E-state index is -0.206. The zero-order chi connectivity index (χ0) is 18.3. The molecular formula is C19H15IN4O2. The number of rotatable bonds is 3. The van der Waals surface area contributed by atoms with Crippen molar-refractivity contribution < 1.29 is 9.21 Å². The maximum atomic E-state index is 13.0. The zero-order valence-corrected chi connectivity index (χ0v) is 16.3. The van der Waals surface area contributed by atoms with Crippen LogP contribution in [0, 0.1) is 10.5 Å². The Morgan fingerprint density at radius 1 is 1.23 bits per heavy atom. The van der Waals surface area contributed by atoms with Crippen molar-refractivity contribution in [3.63, 3.8) is 0 Å². The van der Waals surface area contributed by atoms with Crippen LogP contribution in [0.15, 0.2) is 53.1 Å². The summed E-state index contributed by atoms with van der Waals surface area (Å²) in [6.07, 6.45) is 1.58. The van der Waals surface area contributed by atoms with E-state index in [1.807, 2.05) is 44.3 Å². The molecule has 7 heteroatoms. The topological polar surface area (TPSA) is 73.0 Å². The molecule has 3 heterocycles. The smallest absolute Gasteiger partial charge is 0.256 e. The summed E-state index contributed by atoms with van der Waals surface area (Å²) < 4.78 is 8.24. The lowest BCUT2D eigenvalue weighted by atomic mass is 10.1. The van der Waals surface area contributed by atoms with Gasteiger partial charge in [0.25, 0.3) is 5.91 Å². The number of fused-ring (bicyclic) bond motifs is 1. The van der Waals surface area contributed by atoms with Crippen molar-refractivity contribution in [1.82, 2.24) is 14.8 Å². The summed E-state index contributed by atoms with van der Waals surface area (Å²) in [5.41, 5.74) is 3.25. The van der Waals surface area contributed by atoms with Crippen LogP contribution in [0.4, 0.5) is 5.69 Å². The van der Waals surface area contributed by atoms with Gasteiger partial charge in [-0.25, -0.2) is 4.98 Å². The Labute approximate surface area is 163 Å². The average Bonchev–Trinajstić information content (AvgIpc) is 3.25. The van der Waals surface area contributed by atoms with E-state index in [0.29, 0.717) is 22.7 Å². The van der Waals surface area contributed by atoms with Crippen LogP contribution in [0.25, 0.3) is 22.5 Å². The second-order valence-corrected chi connectivity index (χ2v) is 7.15. The van der Waals surface area contributed by atoms with Crippen LogP contribution < -0.4 is 5.32 Å². The largest absolute Gasteiger partial charge is 0.463 e. The van der Waals surface area contributed by atoms with E-state index in [-0.39, 0.29) is 5.91 Å². The van der Waals surface area contributed by atoms with Crippen LogP contribution in [-0.2, 0) is 7.05 Å². The molecule has 0 aliphatic rings. The normalized spacial score (nSPS) is 11.0. The van der Waals surface area contributed by atoms with E-state index in [9.17, 15) is 4.79 Å². The van der Waals surface area contributed by atoms with Gasteiger partial charge in [-0.05, 0) is 72.0 Å². The highest BCUT2D eigenvalue weighted by Gasteiger charge is 2.20. The van der Waals surface area contributed by atoms with Gasteiger partial charge in [0.1, 0.15) is 5.69 Å². The van der Waals surface area contributed by atoms with E-state index in [4.69, 9.17) is 4.42 Å². The number of aromatic nitrogens is 3. The first-order chi connectivity index (χ1) is 12.5. The first-order valence-corrected chi connectivity index (χ1v) is 9.06. The number of pyridine rings is 1. The first kappa shape index (κ1) is 16.8. The molecule has 0 saturated heterocycles. The maximum absolute atomic E-state index is 13.0. The number of furan rings is 1. The first-order valence-electron chi connectivity index (χ1n) is 7.98. The van der Waals surface area contributed by atoms with Crippen LogP contribution in [0.1, 0.15) is 16.1 Å². The Morgan fingerprint density at radius 2 is 2.00 bits per heavy atom. The lowest BCUT2D eigenvalue weighted by Crippen LogP contribution is -2.13. The molecule has 4 aromatic rings. The summed E-state index contributed by atoms with van der Waals surface area (Å²) in [6.45, 7) is 1.87. The van der Waals surface area contributed by atoms with Crippen molar-refractivity contribution >= 4 is 45.2 Å². The third-order valence-corrected chi connectivity index (χ3v) is 4.81. The molecule has 0 aliphatic carbocycles. The van der Waals surface area contributed by atoms with E-state index in [1.54, 1.807) is 23.1 Å². The maximum Gasteiger partial charge on any atom is 0.256 e. The average molecular weight is 458 g/mol. The van der Waals surface area contributed by atoms with E-state index in [1.165, 1.54) is 0 Å². The summed E-state index contributed by atoms with van der Waals surface area (Å²) in [5.74, 6) is 0.400. The molecule has 0 unspecified atom stereocenters. The molecule has 1 N–H and O–H groups in total. The Hall–Kier alpha value is -2.68. The molecule has 0 aliphatic heterocycles. The van der Waals surface area contributed by atoms with Gasteiger partial charge in [0.15, 0.2) is 11.4 Å². The summed E-state index contributed by atoms with van der Waals surface area (Å²) in [6, 6.07) is 13.0. The van der Waals surface area contributed by atoms with Gasteiger partial charge in [0.05, 0.1) is 22.9 Å². The number of hydrogen-bond acceptors (Lipinski definition) is 4. The number of carbonyl (C=O) groups excluding carboxylic acids is 1.